The minimum atomic E-state index is -1.97. The average Bonchev–Trinajstić information content (AvgIpc) is 3.08. The van der Waals surface area contributed by atoms with E-state index in [0.29, 0.717) is 12.8 Å². The molecule has 0 bridgehead atoms. The van der Waals surface area contributed by atoms with Gasteiger partial charge in [0.05, 0.1) is 17.9 Å². The van der Waals surface area contributed by atoms with E-state index >= 15 is 0 Å². The molecule has 8 N–H and O–H groups in total. The quantitative estimate of drug-likeness (QED) is 0.0339. The molecule has 0 heterocycles. The van der Waals surface area contributed by atoms with Crippen molar-refractivity contribution in [2.24, 2.45) is 11.8 Å². The van der Waals surface area contributed by atoms with Gasteiger partial charge in [-0.3, -0.25) is 33.6 Å². The number of carboxylic acids is 4. The maximum Gasteiger partial charge on any atom is 0.326 e. The first-order valence-corrected chi connectivity index (χ1v) is 18.8. The highest BCUT2D eigenvalue weighted by Crippen LogP contribution is 2.18. The molecule has 17 heteroatoms. The van der Waals surface area contributed by atoms with Crippen LogP contribution in [0.15, 0.2) is 0 Å². The van der Waals surface area contributed by atoms with Gasteiger partial charge in [0, 0.05) is 51.4 Å². The molecule has 0 rings (SSSR count). The highest BCUT2D eigenvalue weighted by molar-refractivity contribution is 5.87. The molecule has 54 heavy (non-hydrogen) atoms. The van der Waals surface area contributed by atoms with Gasteiger partial charge in [0.25, 0.3) is 0 Å². The highest BCUT2D eigenvalue weighted by atomic mass is 16.5. The Kier molecular flexibility index (Phi) is 26.9. The lowest BCUT2D eigenvalue weighted by atomic mass is 9.93. The predicted octanol–water partition coefficient (Wildman–Crippen LogP) is 3.15. The second kappa shape index (κ2) is 29.2. The Labute approximate surface area is 315 Å². The molecule has 0 aliphatic carbocycles. The molecule has 308 valence electrons. The van der Waals surface area contributed by atoms with E-state index in [0.717, 1.165) is 51.4 Å². The van der Waals surface area contributed by atoms with Crippen LogP contribution in [0.5, 0.6) is 0 Å². The number of rotatable bonds is 35. The maximum absolute atomic E-state index is 12.6. The van der Waals surface area contributed by atoms with Crippen LogP contribution in [0, 0.1) is 11.8 Å². The number of hydrogen-bond acceptors (Lipinski definition) is 11. The SMILES string of the molecule is CC(=O)CC[C@H](CC(=O)CC[C@H](NC(=O)CC[C@H](CC(=O)CC[C@H](NC(=O)CCCCCCCCCCCCC(=O)O)C(O)O)C(=O)O)C(=O)O)C(=O)O. The van der Waals surface area contributed by atoms with Crippen molar-refractivity contribution in [2.45, 2.75) is 167 Å². The molecule has 0 aromatic rings. The Morgan fingerprint density at radius 1 is 0.463 bits per heavy atom. The summed E-state index contributed by atoms with van der Waals surface area (Å²) in [7, 11) is 0. The molecule has 0 saturated heterocycles. The standard InChI is InChI=1S/C37H60N2O15/c1-24(40)14-15-25(34(47)48)22-27(41)18-20-30(37(53)54)39-32(44)21-16-26(35(49)50)23-28(42)17-19-29(36(51)52)38-31(43)12-10-8-6-4-2-3-5-7-9-11-13-33(45)46/h25-26,29-30,36,51-52H,2-23H2,1H3,(H,38,43)(H,39,44)(H,45,46)(H,47,48)(H,49,50)(H,53,54)/t25-,26-,29+,30+/m1/s1. The van der Waals surface area contributed by atoms with E-state index < -0.39 is 96.7 Å². The largest absolute Gasteiger partial charge is 0.481 e. The Bertz CT molecular complexity index is 1240. The van der Waals surface area contributed by atoms with Gasteiger partial charge in [0.15, 0.2) is 6.29 Å². The van der Waals surface area contributed by atoms with E-state index in [4.69, 9.17) is 5.11 Å². The minimum absolute atomic E-state index is 0.0311. The Morgan fingerprint density at radius 3 is 1.31 bits per heavy atom. The van der Waals surface area contributed by atoms with Crippen LogP contribution in [0.2, 0.25) is 0 Å². The van der Waals surface area contributed by atoms with Crippen LogP contribution in [0.25, 0.3) is 0 Å². The van der Waals surface area contributed by atoms with Crippen LogP contribution in [-0.2, 0) is 43.2 Å². The van der Waals surface area contributed by atoms with E-state index in [9.17, 15) is 68.7 Å². The minimum Gasteiger partial charge on any atom is -0.481 e. The van der Waals surface area contributed by atoms with Gasteiger partial charge >= 0.3 is 23.9 Å². The summed E-state index contributed by atoms with van der Waals surface area (Å²) in [5.41, 5.74) is 0. The summed E-state index contributed by atoms with van der Waals surface area (Å²) in [6.45, 7) is 1.29. The number of hydrogen-bond donors (Lipinski definition) is 8. The summed E-state index contributed by atoms with van der Waals surface area (Å²) < 4.78 is 0. The zero-order valence-corrected chi connectivity index (χ0v) is 31.3. The predicted molar refractivity (Wildman–Crippen MR) is 192 cm³/mol. The van der Waals surface area contributed by atoms with E-state index in [1.165, 1.54) is 6.92 Å². The van der Waals surface area contributed by atoms with Crippen molar-refractivity contribution in [1.82, 2.24) is 10.6 Å². The van der Waals surface area contributed by atoms with Gasteiger partial charge in [-0.2, -0.15) is 0 Å². The van der Waals surface area contributed by atoms with Crippen molar-refractivity contribution in [2.75, 3.05) is 0 Å². The number of aliphatic hydroxyl groups is 2. The lowest BCUT2D eigenvalue weighted by Crippen LogP contribution is -2.43. The third kappa shape index (κ3) is 26.5. The fourth-order valence-corrected chi connectivity index (χ4v) is 5.76. The van der Waals surface area contributed by atoms with Gasteiger partial charge in [-0.25, -0.2) is 4.79 Å². The normalized spacial score (nSPS) is 13.3. The van der Waals surface area contributed by atoms with Crippen molar-refractivity contribution in [3.05, 3.63) is 0 Å². The topological polar surface area (TPSA) is 299 Å². The molecule has 0 aliphatic rings. The number of amides is 2. The maximum atomic E-state index is 12.6. The number of Topliss-reactive ketones (excluding diaryl/α,β-unsaturated/α-hetero) is 3. The molecule has 0 aromatic heterocycles. The summed E-state index contributed by atoms with van der Waals surface area (Å²) in [6, 6.07) is -2.68. The van der Waals surface area contributed by atoms with E-state index in [2.05, 4.69) is 10.6 Å². The molecule has 0 saturated carbocycles. The van der Waals surface area contributed by atoms with Crippen molar-refractivity contribution < 1.29 is 73.8 Å². The summed E-state index contributed by atoms with van der Waals surface area (Å²) in [5, 5.41) is 61.2. The summed E-state index contributed by atoms with van der Waals surface area (Å²) in [5.74, 6) is -9.95. The average molecular weight is 773 g/mol. The molecular weight excluding hydrogens is 712 g/mol. The number of carbonyl (C=O) groups excluding carboxylic acids is 5. The first-order valence-electron chi connectivity index (χ1n) is 18.8. The second-order valence-corrected chi connectivity index (χ2v) is 13.9. The van der Waals surface area contributed by atoms with Crippen molar-refractivity contribution in [3.8, 4) is 0 Å². The second-order valence-electron chi connectivity index (χ2n) is 13.9. The van der Waals surface area contributed by atoms with E-state index in [-0.39, 0.29) is 63.6 Å². The van der Waals surface area contributed by atoms with Crippen LogP contribution in [0.3, 0.4) is 0 Å². The van der Waals surface area contributed by atoms with Gasteiger partial charge in [-0.1, -0.05) is 51.4 Å². The van der Waals surface area contributed by atoms with Gasteiger partial charge in [0.1, 0.15) is 23.4 Å². The zero-order valence-electron chi connectivity index (χ0n) is 31.3. The lowest BCUT2D eigenvalue weighted by molar-refractivity contribution is -0.145. The number of carbonyl (C=O) groups is 9. The fraction of sp³-hybridized carbons (Fsp3) is 0.757. The molecular formula is C37H60N2O15. The lowest BCUT2D eigenvalue weighted by Gasteiger charge is -2.20. The van der Waals surface area contributed by atoms with Crippen molar-refractivity contribution in [3.63, 3.8) is 0 Å². The molecule has 0 radical (unpaired) electrons. The van der Waals surface area contributed by atoms with E-state index in [1.807, 2.05) is 0 Å². The number of ketones is 3. The third-order valence-corrected chi connectivity index (χ3v) is 9.04. The third-order valence-electron chi connectivity index (χ3n) is 9.04. The molecule has 0 fully saturated rings. The first kappa shape index (κ1) is 49.8. The van der Waals surface area contributed by atoms with Crippen LogP contribution < -0.4 is 10.6 Å². The Hall–Kier alpha value is -4.25. The number of aliphatic carboxylic acids is 4. The Balaban J connectivity index is 4.61. The summed E-state index contributed by atoms with van der Waals surface area (Å²) >= 11 is 0. The van der Waals surface area contributed by atoms with Crippen molar-refractivity contribution in [1.29, 1.82) is 0 Å². The molecule has 0 unspecified atom stereocenters. The van der Waals surface area contributed by atoms with Gasteiger partial charge in [-0.15, -0.1) is 0 Å². The zero-order chi connectivity index (χ0) is 41.1. The smallest absolute Gasteiger partial charge is 0.326 e. The van der Waals surface area contributed by atoms with Crippen LogP contribution in [-0.4, -0.2) is 102 Å². The molecule has 0 aromatic carbocycles. The van der Waals surface area contributed by atoms with Crippen LogP contribution >= 0.6 is 0 Å². The van der Waals surface area contributed by atoms with Gasteiger partial charge in [0.2, 0.25) is 11.8 Å². The van der Waals surface area contributed by atoms with Gasteiger partial charge in [-0.05, 0) is 45.4 Å². The number of unbranched alkanes of at least 4 members (excludes halogenated alkanes) is 9. The summed E-state index contributed by atoms with van der Waals surface area (Å²) in [4.78, 5) is 106. The number of nitrogens with one attached hydrogen (secondary N) is 2. The number of aliphatic hydroxyl groups excluding tert-OH is 1. The monoisotopic (exact) mass is 772 g/mol. The van der Waals surface area contributed by atoms with Gasteiger partial charge < -0.3 is 46.1 Å². The van der Waals surface area contributed by atoms with Crippen LogP contribution in [0.4, 0.5) is 0 Å². The fourth-order valence-electron chi connectivity index (χ4n) is 5.76. The highest BCUT2D eigenvalue weighted by Gasteiger charge is 2.27. The molecule has 17 nitrogen and oxygen atoms in total. The van der Waals surface area contributed by atoms with E-state index in [1.54, 1.807) is 0 Å². The molecule has 4 atom stereocenters. The van der Waals surface area contributed by atoms with Crippen molar-refractivity contribution >= 4 is 53.0 Å². The molecule has 0 aliphatic heterocycles. The molecule has 2 amide bonds. The summed E-state index contributed by atoms with van der Waals surface area (Å²) in [6.07, 6.45) is 4.54. The Morgan fingerprint density at radius 2 is 0.889 bits per heavy atom. The van der Waals surface area contributed by atoms with Crippen LogP contribution in [0.1, 0.15) is 148 Å². The number of carboxylic acid groups (broad SMARTS) is 4. The first-order chi connectivity index (χ1) is 25.4. The molecule has 0 spiro atoms.